The zero-order valence-corrected chi connectivity index (χ0v) is 44.2. The average Bonchev–Trinajstić information content (AvgIpc) is 3.47. The molecule has 0 aromatic heterocycles. The van der Waals surface area contributed by atoms with Gasteiger partial charge in [-0.15, -0.1) is 11.8 Å². The molecule has 4 heterocycles. The molecule has 29 nitrogen and oxygen atoms in total. The third-order valence-electron chi connectivity index (χ3n) is 13.0. The number of carbonyl (C=O) groups excluding carboxylic acids is 4. The van der Waals surface area contributed by atoms with Crippen LogP contribution in [-0.4, -0.2) is 238 Å². The summed E-state index contributed by atoms with van der Waals surface area (Å²) in [6, 6.07) is -0.745. The van der Waals surface area contributed by atoms with E-state index in [4.69, 9.17) is 37.9 Å². The number of rotatable bonds is 25. The number of ether oxygens (including phenoxy) is 8. The van der Waals surface area contributed by atoms with Crippen LogP contribution in [0.2, 0.25) is 0 Å². The molecule has 4 saturated heterocycles. The summed E-state index contributed by atoms with van der Waals surface area (Å²) in [6.07, 6.45) is -23.1. The van der Waals surface area contributed by atoms with Crippen LogP contribution in [0.4, 0.5) is 0 Å². The molecule has 4 aliphatic heterocycles. The molecule has 0 spiro atoms. The molecule has 1 aromatic carbocycles. The number of hydrogen-bond donors (Lipinski definition) is 14. The quantitative estimate of drug-likeness (QED) is 0.0248. The number of unbranched alkanes of at least 4 members (excludes halogenated alkanes) is 5. The highest BCUT2D eigenvalue weighted by atomic mass is 32.3. The lowest BCUT2D eigenvalue weighted by Gasteiger charge is -2.51. The summed E-state index contributed by atoms with van der Waals surface area (Å²) in [5, 5.41) is 109. The first-order valence-electron chi connectivity index (χ1n) is 25.4. The fourth-order valence-corrected chi connectivity index (χ4v) is 9.51. The summed E-state index contributed by atoms with van der Waals surface area (Å²) in [7, 11) is -5.16. The smallest absolute Gasteiger partial charge is 0.397 e. The predicted octanol–water partition coefficient (Wildman–Crippen LogP) is -4.92. The van der Waals surface area contributed by atoms with E-state index in [0.29, 0.717) is 25.2 Å². The van der Waals surface area contributed by atoms with Crippen molar-refractivity contribution in [3.8, 4) is 17.6 Å². The van der Waals surface area contributed by atoms with Gasteiger partial charge in [0, 0.05) is 39.2 Å². The van der Waals surface area contributed by atoms with Crippen LogP contribution in [0.25, 0.3) is 0 Å². The highest BCUT2D eigenvalue weighted by Crippen LogP contribution is 2.35. The lowest BCUT2D eigenvalue weighted by atomic mass is 9.93. The topological polar surface area (TPSA) is 436 Å². The van der Waals surface area contributed by atoms with Crippen molar-refractivity contribution in [3.05, 3.63) is 29.8 Å². The number of aliphatic hydroxyl groups is 9. The van der Waals surface area contributed by atoms with Crippen molar-refractivity contribution in [3.63, 3.8) is 0 Å². The van der Waals surface area contributed by atoms with E-state index in [-0.39, 0.29) is 5.56 Å². The maximum absolute atomic E-state index is 13.8. The Bertz CT molecular complexity index is 2280. The number of benzene rings is 1. The van der Waals surface area contributed by atoms with Gasteiger partial charge in [-0.1, -0.05) is 32.3 Å². The predicted molar refractivity (Wildman–Crippen MR) is 262 cm³/mol. The highest BCUT2D eigenvalue weighted by Gasteiger charge is 2.56. The van der Waals surface area contributed by atoms with Crippen LogP contribution in [0.1, 0.15) is 83.0 Å². The van der Waals surface area contributed by atoms with Gasteiger partial charge in [-0.3, -0.25) is 23.7 Å². The first kappa shape index (κ1) is 64.5. The molecule has 442 valence electrons. The fourth-order valence-electron chi connectivity index (χ4n) is 9.21. The minimum Gasteiger partial charge on any atom is -0.494 e. The van der Waals surface area contributed by atoms with Gasteiger partial charge in [0.05, 0.1) is 33.0 Å². The van der Waals surface area contributed by atoms with E-state index in [1.54, 1.807) is 12.1 Å². The molecule has 9 unspecified atom stereocenters. The summed E-state index contributed by atoms with van der Waals surface area (Å²) in [5.74, 6) is 3.39. The van der Waals surface area contributed by atoms with Crippen LogP contribution in [0.15, 0.2) is 24.3 Å². The van der Waals surface area contributed by atoms with Gasteiger partial charge in [0.25, 0.3) is 5.91 Å². The van der Waals surface area contributed by atoms with Crippen LogP contribution in [0.3, 0.4) is 0 Å². The second-order valence-corrected chi connectivity index (χ2v) is 20.1. The lowest BCUT2D eigenvalue weighted by Crippen LogP contribution is -2.71. The van der Waals surface area contributed by atoms with Gasteiger partial charge in [-0.2, -0.15) is 8.42 Å². The lowest BCUT2D eigenvalue weighted by molar-refractivity contribution is -0.361. The molecular weight excluding hydrogens is 1060 g/mol. The first-order chi connectivity index (χ1) is 37.0. The first-order valence-corrected chi connectivity index (χ1v) is 26.8. The highest BCUT2D eigenvalue weighted by molar-refractivity contribution is 7.80. The fraction of sp³-hybridized carbons (Fsp3) is 0.750. The van der Waals surface area contributed by atoms with Crippen LogP contribution in [0, 0.1) is 11.8 Å². The molecule has 0 radical (unpaired) electrons. The third kappa shape index (κ3) is 17.8. The van der Waals surface area contributed by atoms with Gasteiger partial charge in [-0.25, -0.2) is 4.18 Å². The van der Waals surface area contributed by atoms with Crippen LogP contribution in [-0.2, 0) is 62.1 Å². The maximum atomic E-state index is 13.8. The van der Waals surface area contributed by atoms with Crippen molar-refractivity contribution in [2.75, 3.05) is 33.0 Å². The molecule has 0 bridgehead atoms. The minimum absolute atomic E-state index is 0.0447. The van der Waals surface area contributed by atoms with E-state index in [2.05, 4.69) is 44.2 Å². The van der Waals surface area contributed by atoms with Crippen molar-refractivity contribution in [2.24, 2.45) is 0 Å². The van der Waals surface area contributed by atoms with Crippen LogP contribution < -0.4 is 26.0 Å². The second kappa shape index (κ2) is 30.5. The molecular formula is C48H74N4O25S. The van der Waals surface area contributed by atoms with Crippen molar-refractivity contribution in [1.29, 1.82) is 0 Å². The summed E-state index contributed by atoms with van der Waals surface area (Å²) in [5.41, 5.74) is 0.0447. The number of nitrogens with one attached hydrogen (secondary N) is 4. The summed E-state index contributed by atoms with van der Waals surface area (Å²) >= 11 is 0. The Morgan fingerprint density at radius 1 is 0.590 bits per heavy atom. The summed E-state index contributed by atoms with van der Waals surface area (Å²) in [4.78, 5) is 51.1. The van der Waals surface area contributed by atoms with Crippen LogP contribution >= 0.6 is 0 Å². The van der Waals surface area contributed by atoms with Crippen molar-refractivity contribution in [2.45, 2.75) is 195 Å². The number of carbonyl (C=O) groups is 4. The molecule has 4 aliphatic rings. The minimum atomic E-state index is -5.16. The van der Waals surface area contributed by atoms with Gasteiger partial charge in [0.2, 0.25) is 17.7 Å². The Hall–Kier alpha value is -4.31. The van der Waals surface area contributed by atoms with Crippen molar-refractivity contribution < 1.29 is 120 Å². The normalized spacial score (nSPS) is 35.1. The molecule has 20 atom stereocenters. The molecule has 5 rings (SSSR count). The Labute approximate surface area is 450 Å². The standard InChI is InChI=1S/C48H74N4O25S/c1-5-6-7-8-9-10-11-12-13-17-69-27-16-14-15-26(18-27)44(64)52-33-37(60)36(59)28(19-53)72-46(33)75-41-29(20-54)73-47(34(39(41)62)50-24(3)57)76-42-30(21-55)74-48(35(40(42)63)51-25(4)58)77-43-31(22-70-78(66,67)68)71-45(65)32(38(43)61)49-23(2)56/h14-16,18,28-43,45-48,53-55,59-63,65H,5-9,12-13,17,19-22H2,1-4H3,(H,49,56)(H,50,57)(H,51,58)(H,52,64)(H,66,67,68)/t28?,29-,30?,31-,32?,33?,34?,35?,36+,37-,38?,39?,40-,41-,42+,43-,45?,46+,47-,48+/m1/s1. The van der Waals surface area contributed by atoms with Gasteiger partial charge in [0.15, 0.2) is 25.2 Å². The molecule has 0 aliphatic carbocycles. The zero-order valence-electron chi connectivity index (χ0n) is 43.3. The Morgan fingerprint density at radius 2 is 1.06 bits per heavy atom. The van der Waals surface area contributed by atoms with Gasteiger partial charge in [0.1, 0.15) is 103 Å². The van der Waals surface area contributed by atoms with E-state index >= 15 is 0 Å². The summed E-state index contributed by atoms with van der Waals surface area (Å²) in [6.45, 7) is 1.51. The van der Waals surface area contributed by atoms with Gasteiger partial charge >= 0.3 is 10.4 Å². The summed E-state index contributed by atoms with van der Waals surface area (Å²) < 4.78 is 83.8. The van der Waals surface area contributed by atoms with E-state index in [9.17, 15) is 78.1 Å². The SMILES string of the molecule is CCCCCCC#CCCCOc1cccc(C(=O)NC2[C@H](O[C@H]3C(O)C(NC(C)=O)[C@@H](O[C@H]4C(CO)O[C@@H](O[C@H]5C(O)C(NC(C)=O)C(O)O[C@@H]5COS(=O)(=O)O)C(NC(C)=O)[C@H]4O)O[C@@H]3CO)OC(CO)[C@H](O)[C@@H]2O)c1. The maximum Gasteiger partial charge on any atom is 0.397 e. The van der Waals surface area contributed by atoms with E-state index in [1.807, 2.05) is 0 Å². The van der Waals surface area contributed by atoms with Crippen molar-refractivity contribution in [1.82, 2.24) is 21.3 Å². The molecule has 14 N–H and O–H groups in total. The van der Waals surface area contributed by atoms with Crippen LogP contribution in [0.5, 0.6) is 5.75 Å². The molecule has 4 fully saturated rings. The largest absolute Gasteiger partial charge is 0.494 e. The van der Waals surface area contributed by atoms with Gasteiger partial charge < -0.3 is 105 Å². The number of hydrogen-bond acceptors (Lipinski definition) is 24. The van der Waals surface area contributed by atoms with E-state index in [0.717, 1.165) is 46.5 Å². The molecule has 4 amide bonds. The van der Waals surface area contributed by atoms with Gasteiger partial charge in [-0.05, 0) is 31.0 Å². The van der Waals surface area contributed by atoms with E-state index in [1.165, 1.54) is 18.6 Å². The Balaban J connectivity index is 1.35. The second-order valence-electron chi connectivity index (χ2n) is 19.0. The molecule has 78 heavy (non-hydrogen) atoms. The molecule has 1 aromatic rings. The number of aliphatic hydroxyl groups excluding tert-OH is 9. The van der Waals surface area contributed by atoms with E-state index < -0.39 is 183 Å². The Kier molecular flexibility index (Phi) is 25.2. The Morgan fingerprint density at radius 3 is 1.56 bits per heavy atom. The molecule has 30 heteroatoms. The average molecular weight is 1140 g/mol. The molecule has 0 saturated carbocycles. The van der Waals surface area contributed by atoms with Crippen molar-refractivity contribution >= 4 is 34.0 Å². The monoisotopic (exact) mass is 1140 g/mol. The zero-order chi connectivity index (χ0) is 57.4. The third-order valence-corrected chi connectivity index (χ3v) is 13.5. The number of amides is 4.